The van der Waals surface area contributed by atoms with E-state index in [1.807, 2.05) is 0 Å². The molecule has 1 aromatic carbocycles. The fraction of sp³-hybridized carbons (Fsp3) is 0.0833. The summed E-state index contributed by atoms with van der Waals surface area (Å²) in [7, 11) is 2.41. The van der Waals surface area contributed by atoms with Crippen molar-refractivity contribution in [3.05, 3.63) is 34.9 Å². The molecule has 0 N–H and O–H groups in total. The molecule has 0 aliphatic rings. The zero-order valence-corrected chi connectivity index (χ0v) is 11.6. The van der Waals surface area contributed by atoms with Crippen LogP contribution in [0, 0.1) is 0 Å². The Morgan fingerprint density at radius 1 is 1.20 bits per heavy atom. The van der Waals surface area contributed by atoms with Gasteiger partial charge in [0.15, 0.2) is 16.1 Å². The zero-order chi connectivity index (χ0) is 14.5. The van der Waals surface area contributed by atoms with Crippen molar-refractivity contribution < 1.29 is 22.0 Å². The normalized spacial score (nSPS) is 12.1. The maximum absolute atomic E-state index is 11.7. The van der Waals surface area contributed by atoms with Gasteiger partial charge in [-0.2, -0.15) is 0 Å². The highest BCUT2D eigenvalue weighted by Crippen LogP contribution is 2.35. The minimum atomic E-state index is -4.18. The monoisotopic (exact) mass is 314 g/mol. The molecule has 0 bridgehead atoms. The number of methoxy groups -OCH3 is 1. The summed E-state index contributed by atoms with van der Waals surface area (Å²) in [4.78, 5) is 11.1. The van der Waals surface area contributed by atoms with Gasteiger partial charge in [-0.05, 0) is 18.2 Å². The topological polar surface area (TPSA) is 86.7 Å². The van der Waals surface area contributed by atoms with E-state index < -0.39 is 19.6 Å². The molecular formula is C12H7ClO6S. The van der Waals surface area contributed by atoms with E-state index >= 15 is 0 Å². The Labute approximate surface area is 116 Å². The summed E-state index contributed by atoms with van der Waals surface area (Å²) in [5.41, 5.74) is -0.551. The van der Waals surface area contributed by atoms with E-state index in [4.69, 9.17) is 24.3 Å². The van der Waals surface area contributed by atoms with Crippen molar-refractivity contribution in [1.29, 1.82) is 0 Å². The van der Waals surface area contributed by atoms with Gasteiger partial charge in [0.1, 0.15) is 0 Å². The Balaban J connectivity index is 2.53. The maximum atomic E-state index is 11.7. The molecule has 0 saturated heterocycles. The third kappa shape index (κ3) is 1.86. The van der Waals surface area contributed by atoms with Crippen LogP contribution in [0.25, 0.3) is 21.9 Å². The lowest BCUT2D eigenvalue weighted by atomic mass is 10.1. The van der Waals surface area contributed by atoms with Crippen molar-refractivity contribution in [2.24, 2.45) is 0 Å². The van der Waals surface area contributed by atoms with Crippen LogP contribution >= 0.6 is 10.7 Å². The zero-order valence-electron chi connectivity index (χ0n) is 10.0. The van der Waals surface area contributed by atoms with Crippen molar-refractivity contribution in [2.45, 2.75) is 4.90 Å². The van der Waals surface area contributed by atoms with Gasteiger partial charge in [0, 0.05) is 21.5 Å². The summed E-state index contributed by atoms with van der Waals surface area (Å²) in [5, 5.41) is 1.05. The number of fused-ring (bicyclic) bond motifs is 2. The smallest absolute Gasteiger partial charge is 0.356 e. The molecule has 20 heavy (non-hydrogen) atoms. The number of hydrogen-bond acceptors (Lipinski definition) is 6. The fourth-order valence-electron chi connectivity index (χ4n) is 2.00. The summed E-state index contributed by atoms with van der Waals surface area (Å²) in [6.45, 7) is 0. The largest absolute Gasteiger partial charge is 0.490 e. The Hall–Kier alpha value is -1.99. The van der Waals surface area contributed by atoms with Gasteiger partial charge >= 0.3 is 5.63 Å². The van der Waals surface area contributed by atoms with Crippen molar-refractivity contribution in [1.82, 2.24) is 0 Å². The molecule has 0 aliphatic carbocycles. The van der Waals surface area contributed by atoms with E-state index in [-0.39, 0.29) is 11.3 Å². The molecule has 2 aromatic heterocycles. The summed E-state index contributed by atoms with van der Waals surface area (Å²) in [6.07, 6.45) is 1.45. The summed E-state index contributed by atoms with van der Waals surface area (Å²) < 4.78 is 38.1. The summed E-state index contributed by atoms with van der Waals surface area (Å²) in [5.74, 6) is 0.220. The average Bonchev–Trinajstić information content (AvgIpc) is 2.81. The minimum Gasteiger partial charge on any atom is -0.490 e. The highest BCUT2D eigenvalue weighted by atomic mass is 35.7. The van der Waals surface area contributed by atoms with Crippen LogP contribution in [0.4, 0.5) is 0 Å². The van der Waals surface area contributed by atoms with Crippen LogP contribution in [-0.2, 0) is 9.05 Å². The first-order valence-corrected chi connectivity index (χ1v) is 7.69. The fourth-order valence-corrected chi connectivity index (χ4v) is 2.83. The van der Waals surface area contributed by atoms with Crippen molar-refractivity contribution in [3.63, 3.8) is 0 Å². The highest BCUT2D eigenvalue weighted by Gasteiger charge is 2.21. The molecule has 3 rings (SSSR count). The van der Waals surface area contributed by atoms with Gasteiger partial charge in [-0.25, -0.2) is 13.2 Å². The lowest BCUT2D eigenvalue weighted by Gasteiger charge is -2.05. The molecule has 0 spiro atoms. The standard InChI is InChI=1S/C12H7ClO6S/c1-17-11-9-6(2-3-18-9)4-7-5-8(20(13,15)16)12(14)19-10(7)11/h2-5H,1H3. The average molecular weight is 315 g/mol. The van der Waals surface area contributed by atoms with E-state index in [1.165, 1.54) is 13.4 Å². The number of hydrogen-bond donors (Lipinski definition) is 0. The van der Waals surface area contributed by atoms with Crippen LogP contribution < -0.4 is 10.4 Å². The molecule has 0 radical (unpaired) electrons. The third-order valence-corrected chi connectivity index (χ3v) is 4.14. The van der Waals surface area contributed by atoms with Gasteiger partial charge < -0.3 is 13.6 Å². The number of furan rings is 1. The predicted molar refractivity (Wildman–Crippen MR) is 71.8 cm³/mol. The molecule has 0 fully saturated rings. The molecule has 0 atom stereocenters. The van der Waals surface area contributed by atoms with Crippen LogP contribution in [0.1, 0.15) is 0 Å². The first-order valence-electron chi connectivity index (χ1n) is 5.38. The van der Waals surface area contributed by atoms with Gasteiger partial charge in [-0.3, -0.25) is 0 Å². The molecule has 8 heteroatoms. The Morgan fingerprint density at radius 3 is 2.60 bits per heavy atom. The minimum absolute atomic E-state index is 0.101. The maximum Gasteiger partial charge on any atom is 0.356 e. The van der Waals surface area contributed by atoms with Crippen LogP contribution in [0.3, 0.4) is 0 Å². The Kier molecular flexibility index (Phi) is 2.77. The molecule has 3 aromatic rings. The molecule has 6 nitrogen and oxygen atoms in total. The van der Waals surface area contributed by atoms with Gasteiger partial charge in [-0.15, -0.1) is 0 Å². The Bertz CT molecular complexity index is 982. The quantitative estimate of drug-likeness (QED) is 0.533. The molecule has 0 amide bonds. The van der Waals surface area contributed by atoms with Gasteiger partial charge in [0.05, 0.1) is 13.4 Å². The number of benzene rings is 1. The molecular weight excluding hydrogens is 308 g/mol. The van der Waals surface area contributed by atoms with E-state index in [9.17, 15) is 13.2 Å². The lowest BCUT2D eigenvalue weighted by Crippen LogP contribution is -2.09. The molecule has 0 unspecified atom stereocenters. The SMILES string of the molecule is COc1c2occc2cc2cc(S(=O)(=O)Cl)c(=O)oc12. The van der Waals surface area contributed by atoms with Crippen LogP contribution in [-0.4, -0.2) is 15.5 Å². The van der Waals surface area contributed by atoms with Crippen molar-refractivity contribution >= 4 is 41.7 Å². The summed E-state index contributed by atoms with van der Waals surface area (Å²) >= 11 is 0. The van der Waals surface area contributed by atoms with Gasteiger partial charge in [0.2, 0.25) is 5.75 Å². The van der Waals surface area contributed by atoms with E-state index in [2.05, 4.69) is 0 Å². The third-order valence-electron chi connectivity index (χ3n) is 2.83. The van der Waals surface area contributed by atoms with E-state index in [1.54, 1.807) is 12.1 Å². The lowest BCUT2D eigenvalue weighted by molar-refractivity contribution is 0.401. The number of rotatable bonds is 2. The number of ether oxygens (including phenoxy) is 1. The van der Waals surface area contributed by atoms with E-state index in [0.29, 0.717) is 16.4 Å². The highest BCUT2D eigenvalue weighted by molar-refractivity contribution is 8.13. The molecule has 2 heterocycles. The first kappa shape index (κ1) is 13.0. The first-order chi connectivity index (χ1) is 9.41. The van der Waals surface area contributed by atoms with Crippen molar-refractivity contribution in [2.75, 3.05) is 7.11 Å². The second kappa shape index (κ2) is 4.26. The molecule has 104 valence electrons. The van der Waals surface area contributed by atoms with Crippen LogP contribution in [0.5, 0.6) is 5.75 Å². The molecule has 0 saturated carbocycles. The van der Waals surface area contributed by atoms with Crippen LogP contribution in [0.2, 0.25) is 0 Å². The van der Waals surface area contributed by atoms with Gasteiger partial charge in [0.25, 0.3) is 9.05 Å². The van der Waals surface area contributed by atoms with Gasteiger partial charge in [-0.1, -0.05) is 0 Å². The number of halogens is 1. The van der Waals surface area contributed by atoms with Crippen LogP contribution in [0.15, 0.2) is 43.0 Å². The summed E-state index contributed by atoms with van der Waals surface area (Å²) in [6, 6.07) is 4.45. The second-order valence-electron chi connectivity index (χ2n) is 4.00. The second-order valence-corrected chi connectivity index (χ2v) is 6.54. The van der Waals surface area contributed by atoms with Crippen molar-refractivity contribution in [3.8, 4) is 5.75 Å². The molecule has 0 aliphatic heterocycles. The van der Waals surface area contributed by atoms with E-state index in [0.717, 1.165) is 6.07 Å². The Morgan fingerprint density at radius 2 is 1.95 bits per heavy atom. The predicted octanol–water partition coefficient (Wildman–Crippen LogP) is 2.48.